The van der Waals surface area contributed by atoms with E-state index >= 15 is 0 Å². The Bertz CT molecular complexity index is 1120. The van der Waals surface area contributed by atoms with Gasteiger partial charge in [0.2, 0.25) is 11.8 Å². The van der Waals surface area contributed by atoms with Crippen LogP contribution in [-0.4, -0.2) is 29.6 Å². The molecule has 1 saturated heterocycles. The number of primary amides is 1. The zero-order valence-electron chi connectivity index (χ0n) is 17.2. The number of nitrogens with two attached hydrogens (primary N) is 1. The van der Waals surface area contributed by atoms with Crippen molar-refractivity contribution in [3.8, 4) is 22.6 Å². The van der Waals surface area contributed by atoms with E-state index in [0.29, 0.717) is 29.1 Å². The van der Waals surface area contributed by atoms with E-state index in [1.165, 1.54) is 11.0 Å². The molecule has 0 saturated carbocycles. The van der Waals surface area contributed by atoms with E-state index in [9.17, 15) is 14.0 Å². The van der Waals surface area contributed by atoms with Crippen LogP contribution in [0.1, 0.15) is 24.3 Å². The first-order chi connectivity index (χ1) is 14.8. The van der Waals surface area contributed by atoms with Crippen molar-refractivity contribution in [1.82, 2.24) is 4.98 Å². The maximum atomic E-state index is 14.9. The molecule has 4 rings (SSSR count). The lowest BCUT2D eigenvalue weighted by Crippen LogP contribution is -2.25. The van der Waals surface area contributed by atoms with Gasteiger partial charge >= 0.3 is 6.09 Å². The van der Waals surface area contributed by atoms with Crippen LogP contribution in [0.4, 0.5) is 14.9 Å². The number of benzene rings is 2. The molecule has 0 unspecified atom stereocenters. The van der Waals surface area contributed by atoms with Crippen LogP contribution in [0.15, 0.2) is 46.9 Å². The molecule has 1 atom stereocenters. The summed E-state index contributed by atoms with van der Waals surface area (Å²) in [5.41, 5.74) is 8.28. The first-order valence-electron chi connectivity index (χ1n) is 9.92. The van der Waals surface area contributed by atoms with Gasteiger partial charge in [0.1, 0.15) is 17.7 Å². The molecule has 0 spiro atoms. The van der Waals surface area contributed by atoms with E-state index in [1.807, 2.05) is 26.0 Å². The minimum absolute atomic E-state index is 0.127. The molecule has 1 aromatic heterocycles. The molecule has 160 valence electrons. The van der Waals surface area contributed by atoms with Gasteiger partial charge in [-0.2, -0.15) is 0 Å². The van der Waals surface area contributed by atoms with E-state index in [2.05, 4.69) is 4.98 Å². The number of carbonyl (C=O) groups excluding carboxylic acids is 2. The molecule has 3 aromatic rings. The summed E-state index contributed by atoms with van der Waals surface area (Å²) < 4.78 is 25.7. The largest absolute Gasteiger partial charge is 0.444 e. The monoisotopic (exact) mass is 423 g/mol. The first kappa shape index (κ1) is 20.6. The van der Waals surface area contributed by atoms with E-state index < -0.39 is 23.9 Å². The minimum Gasteiger partial charge on any atom is -0.444 e. The van der Waals surface area contributed by atoms with Crippen molar-refractivity contribution in [2.75, 3.05) is 11.4 Å². The molecular weight excluding hydrogens is 401 g/mol. The van der Waals surface area contributed by atoms with E-state index in [-0.39, 0.29) is 13.0 Å². The summed E-state index contributed by atoms with van der Waals surface area (Å²) in [5, 5.41) is 0. The number of hydrogen-bond donors (Lipinski definition) is 1. The second kappa shape index (κ2) is 8.22. The lowest BCUT2D eigenvalue weighted by molar-refractivity contribution is -0.118. The smallest absolute Gasteiger partial charge is 0.414 e. The zero-order chi connectivity index (χ0) is 22.1. The van der Waals surface area contributed by atoms with Crippen molar-refractivity contribution in [3.63, 3.8) is 0 Å². The van der Waals surface area contributed by atoms with Crippen molar-refractivity contribution < 1.29 is 23.1 Å². The van der Waals surface area contributed by atoms with Gasteiger partial charge in [0.25, 0.3) is 0 Å². The molecule has 8 heteroatoms. The van der Waals surface area contributed by atoms with Gasteiger partial charge in [0.05, 0.1) is 17.9 Å². The van der Waals surface area contributed by atoms with Crippen LogP contribution in [0.5, 0.6) is 0 Å². The number of aryl methyl sites for hydroxylation is 2. The molecule has 0 radical (unpaired) electrons. The van der Waals surface area contributed by atoms with Gasteiger partial charge in [-0.15, -0.1) is 0 Å². The Morgan fingerprint density at radius 3 is 2.52 bits per heavy atom. The molecule has 2 amide bonds. The van der Waals surface area contributed by atoms with Crippen molar-refractivity contribution in [2.24, 2.45) is 5.73 Å². The molecular formula is C23H22FN3O4. The molecule has 0 aliphatic carbocycles. The number of oxazole rings is 1. The predicted octanol–water partition coefficient (Wildman–Crippen LogP) is 4.36. The molecule has 2 N–H and O–H groups in total. The van der Waals surface area contributed by atoms with Gasteiger partial charge in [0, 0.05) is 17.5 Å². The fraction of sp³-hybridized carbons (Fsp3) is 0.261. The number of aromatic nitrogens is 1. The Morgan fingerprint density at radius 2 is 1.90 bits per heavy atom. The van der Waals surface area contributed by atoms with Crippen molar-refractivity contribution in [1.29, 1.82) is 0 Å². The van der Waals surface area contributed by atoms with Gasteiger partial charge in [0.15, 0.2) is 0 Å². The third-order valence-corrected chi connectivity index (χ3v) is 5.32. The summed E-state index contributed by atoms with van der Waals surface area (Å²) in [6, 6.07) is 11.9. The SMILES string of the molecule is Cc1nc(-c2ccc(-c3ccc(N4C[C@H](CCC(N)=O)OC4=O)cc3F)cc2)oc1C. The fourth-order valence-electron chi connectivity index (χ4n) is 3.48. The van der Waals surface area contributed by atoms with Gasteiger partial charge in [-0.05, 0) is 56.2 Å². The zero-order valence-corrected chi connectivity index (χ0v) is 17.2. The van der Waals surface area contributed by atoms with E-state index in [1.54, 1.807) is 24.3 Å². The Morgan fingerprint density at radius 1 is 1.19 bits per heavy atom. The van der Waals surface area contributed by atoms with E-state index in [4.69, 9.17) is 14.9 Å². The molecule has 7 nitrogen and oxygen atoms in total. The summed E-state index contributed by atoms with van der Waals surface area (Å²) in [6.07, 6.45) is -0.546. The lowest BCUT2D eigenvalue weighted by Gasteiger charge is -2.14. The molecule has 31 heavy (non-hydrogen) atoms. The Balaban J connectivity index is 1.51. The topological polar surface area (TPSA) is 98.7 Å². The van der Waals surface area contributed by atoms with Gasteiger partial charge in [-0.3, -0.25) is 9.69 Å². The number of cyclic esters (lactones) is 1. The molecule has 1 aliphatic rings. The summed E-state index contributed by atoms with van der Waals surface area (Å²) in [7, 11) is 0. The van der Waals surface area contributed by atoms with Crippen molar-refractivity contribution in [2.45, 2.75) is 32.8 Å². The number of nitrogens with zero attached hydrogens (tertiary/aromatic N) is 2. The Labute approximate surface area is 178 Å². The van der Waals surface area contributed by atoms with Gasteiger partial charge < -0.3 is 14.9 Å². The normalized spacial score (nSPS) is 15.9. The Hall–Kier alpha value is -3.68. The van der Waals surface area contributed by atoms with Crippen molar-refractivity contribution >= 4 is 17.7 Å². The third kappa shape index (κ3) is 4.28. The maximum Gasteiger partial charge on any atom is 0.414 e. The highest BCUT2D eigenvalue weighted by molar-refractivity contribution is 5.90. The van der Waals surface area contributed by atoms with Gasteiger partial charge in [-0.1, -0.05) is 12.1 Å². The van der Waals surface area contributed by atoms with Crippen LogP contribution in [0.3, 0.4) is 0 Å². The lowest BCUT2D eigenvalue weighted by atomic mass is 10.0. The number of halogens is 1. The average Bonchev–Trinajstić information content (AvgIpc) is 3.28. The average molecular weight is 423 g/mol. The quantitative estimate of drug-likeness (QED) is 0.635. The number of carbonyl (C=O) groups is 2. The molecule has 2 heterocycles. The summed E-state index contributed by atoms with van der Waals surface area (Å²) >= 11 is 0. The highest BCUT2D eigenvalue weighted by Crippen LogP contribution is 2.31. The van der Waals surface area contributed by atoms with Gasteiger partial charge in [-0.25, -0.2) is 14.2 Å². The highest BCUT2D eigenvalue weighted by atomic mass is 19.1. The predicted molar refractivity (Wildman–Crippen MR) is 113 cm³/mol. The van der Waals surface area contributed by atoms with Crippen LogP contribution >= 0.6 is 0 Å². The minimum atomic E-state index is -0.567. The van der Waals surface area contributed by atoms with Crippen LogP contribution in [-0.2, 0) is 9.53 Å². The highest BCUT2D eigenvalue weighted by Gasteiger charge is 2.32. The van der Waals surface area contributed by atoms with E-state index in [0.717, 1.165) is 17.0 Å². The standard InChI is InChI=1S/C23H22FN3O4/c1-13-14(2)30-22(26-13)16-5-3-15(4-6-16)19-9-7-17(11-20(19)24)27-12-18(31-23(27)29)8-10-21(25)28/h3-7,9,11,18H,8,10,12H2,1-2H3,(H2,25,28)/t18-/m0/s1. The number of amides is 2. The number of rotatable bonds is 6. The van der Waals surface area contributed by atoms with Crippen LogP contribution in [0.25, 0.3) is 22.6 Å². The first-order valence-corrected chi connectivity index (χ1v) is 9.92. The number of hydrogen-bond acceptors (Lipinski definition) is 5. The Kier molecular flexibility index (Phi) is 5.46. The summed E-state index contributed by atoms with van der Waals surface area (Å²) in [6.45, 7) is 3.98. The number of anilines is 1. The van der Waals surface area contributed by atoms with Crippen LogP contribution in [0, 0.1) is 19.7 Å². The second-order valence-electron chi connectivity index (χ2n) is 7.52. The van der Waals surface area contributed by atoms with Crippen LogP contribution in [0.2, 0.25) is 0 Å². The van der Waals surface area contributed by atoms with Crippen LogP contribution < -0.4 is 10.6 Å². The summed E-state index contributed by atoms with van der Waals surface area (Å²) in [5.74, 6) is 0.374. The second-order valence-corrected chi connectivity index (χ2v) is 7.52. The molecule has 2 aromatic carbocycles. The summed E-state index contributed by atoms with van der Waals surface area (Å²) in [4.78, 5) is 28.8. The molecule has 0 bridgehead atoms. The number of ether oxygens (including phenoxy) is 1. The molecule has 1 fully saturated rings. The fourth-order valence-corrected chi connectivity index (χ4v) is 3.48. The maximum absolute atomic E-state index is 14.9. The third-order valence-electron chi connectivity index (χ3n) is 5.32. The molecule has 1 aliphatic heterocycles. The van der Waals surface area contributed by atoms with Crippen molar-refractivity contribution in [3.05, 3.63) is 59.7 Å².